The van der Waals surface area contributed by atoms with E-state index in [0.29, 0.717) is 12.2 Å². The van der Waals surface area contributed by atoms with Gasteiger partial charge in [0.2, 0.25) is 5.91 Å². The Morgan fingerprint density at radius 2 is 2.04 bits per heavy atom. The zero-order chi connectivity index (χ0) is 18.7. The highest BCUT2D eigenvalue weighted by Gasteiger charge is 2.33. The molecule has 136 valence electrons. The number of alkyl halides is 3. The standard InChI is InChI=1S/C16H13BrF3N5O/c17-12-7-21-25(9-12)8-11-2-1-3-13(6-11)22-15(26)10-24-5-4-14(23-24)16(18,19)20/h1-7,9H,8,10H2,(H,22,26). The van der Waals surface area contributed by atoms with E-state index in [1.54, 1.807) is 29.1 Å². The number of carbonyl (C=O) groups is 1. The summed E-state index contributed by atoms with van der Waals surface area (Å²) in [6.07, 6.45) is 0.0814. The highest BCUT2D eigenvalue weighted by molar-refractivity contribution is 9.10. The predicted molar refractivity (Wildman–Crippen MR) is 91.3 cm³/mol. The summed E-state index contributed by atoms with van der Waals surface area (Å²) in [5.41, 5.74) is 0.427. The largest absolute Gasteiger partial charge is 0.435 e. The first-order valence-electron chi connectivity index (χ1n) is 7.47. The van der Waals surface area contributed by atoms with Crippen molar-refractivity contribution >= 4 is 27.5 Å². The molecule has 1 N–H and O–H groups in total. The van der Waals surface area contributed by atoms with Crippen molar-refractivity contribution in [3.8, 4) is 0 Å². The molecule has 6 nitrogen and oxygen atoms in total. The fourth-order valence-electron chi connectivity index (χ4n) is 2.31. The van der Waals surface area contributed by atoms with Gasteiger partial charge in [-0.2, -0.15) is 23.4 Å². The van der Waals surface area contributed by atoms with Crippen LogP contribution in [0.4, 0.5) is 18.9 Å². The Kier molecular flexibility index (Phi) is 5.12. The monoisotopic (exact) mass is 427 g/mol. The summed E-state index contributed by atoms with van der Waals surface area (Å²) >= 11 is 3.32. The Hall–Kier alpha value is -2.62. The molecule has 2 heterocycles. The van der Waals surface area contributed by atoms with Crippen molar-refractivity contribution in [1.82, 2.24) is 19.6 Å². The third-order valence-electron chi connectivity index (χ3n) is 3.39. The fourth-order valence-corrected chi connectivity index (χ4v) is 2.64. The summed E-state index contributed by atoms with van der Waals surface area (Å²) in [6.45, 7) is 0.204. The Balaban J connectivity index is 1.62. The summed E-state index contributed by atoms with van der Waals surface area (Å²) < 4.78 is 41.1. The van der Waals surface area contributed by atoms with Crippen LogP contribution in [0.1, 0.15) is 11.3 Å². The number of carbonyl (C=O) groups excluding carboxylic acids is 1. The zero-order valence-electron chi connectivity index (χ0n) is 13.2. The molecule has 0 aliphatic heterocycles. The Morgan fingerprint density at radius 3 is 2.69 bits per heavy atom. The smallest absolute Gasteiger partial charge is 0.324 e. The molecule has 3 rings (SSSR count). The molecular weight excluding hydrogens is 415 g/mol. The number of rotatable bonds is 5. The summed E-state index contributed by atoms with van der Waals surface area (Å²) in [5, 5.41) is 10.2. The van der Waals surface area contributed by atoms with E-state index < -0.39 is 17.8 Å². The normalized spacial score (nSPS) is 11.5. The summed E-state index contributed by atoms with van der Waals surface area (Å²) in [5.74, 6) is -0.471. The van der Waals surface area contributed by atoms with Crippen LogP contribution in [0.15, 0.2) is 53.4 Å². The van der Waals surface area contributed by atoms with E-state index in [-0.39, 0.29) is 6.54 Å². The fraction of sp³-hybridized carbons (Fsp3) is 0.188. The third-order valence-corrected chi connectivity index (χ3v) is 3.80. The Morgan fingerprint density at radius 1 is 1.23 bits per heavy atom. The van der Waals surface area contributed by atoms with Crippen LogP contribution in [-0.4, -0.2) is 25.5 Å². The molecule has 0 fully saturated rings. The first kappa shape index (κ1) is 18.2. The third kappa shape index (κ3) is 4.72. The first-order valence-corrected chi connectivity index (χ1v) is 8.26. The van der Waals surface area contributed by atoms with E-state index in [0.717, 1.165) is 27.0 Å². The van der Waals surface area contributed by atoms with E-state index in [1.165, 1.54) is 0 Å². The number of nitrogens with zero attached hydrogens (tertiary/aromatic N) is 4. The lowest BCUT2D eigenvalue weighted by Crippen LogP contribution is -2.20. The van der Waals surface area contributed by atoms with Crippen LogP contribution in [0.25, 0.3) is 0 Å². The molecule has 0 atom stereocenters. The maximum Gasteiger partial charge on any atom is 0.435 e. The Bertz CT molecular complexity index is 919. The van der Waals surface area contributed by atoms with Gasteiger partial charge in [-0.3, -0.25) is 14.2 Å². The van der Waals surface area contributed by atoms with Crippen LogP contribution in [0.2, 0.25) is 0 Å². The molecule has 1 amide bonds. The van der Waals surface area contributed by atoms with Crippen molar-refractivity contribution in [3.05, 3.63) is 64.7 Å². The van der Waals surface area contributed by atoms with Crippen molar-refractivity contribution in [2.24, 2.45) is 0 Å². The number of hydrogen-bond donors (Lipinski definition) is 1. The van der Waals surface area contributed by atoms with Crippen LogP contribution in [0.3, 0.4) is 0 Å². The van der Waals surface area contributed by atoms with Crippen LogP contribution in [-0.2, 0) is 24.1 Å². The number of aromatic nitrogens is 4. The average molecular weight is 428 g/mol. The molecule has 1 aromatic carbocycles. The predicted octanol–water partition coefficient (Wildman–Crippen LogP) is 3.55. The minimum Gasteiger partial charge on any atom is -0.324 e. The lowest BCUT2D eigenvalue weighted by molar-refractivity contribution is -0.141. The molecule has 26 heavy (non-hydrogen) atoms. The van der Waals surface area contributed by atoms with Gasteiger partial charge in [0.1, 0.15) is 6.54 Å². The summed E-state index contributed by atoms with van der Waals surface area (Å²) in [7, 11) is 0. The molecule has 0 saturated heterocycles. The highest BCUT2D eigenvalue weighted by Crippen LogP contribution is 2.27. The van der Waals surface area contributed by atoms with Gasteiger partial charge in [-0.25, -0.2) is 0 Å². The minimum atomic E-state index is -4.53. The van der Waals surface area contributed by atoms with Gasteiger partial charge in [-0.15, -0.1) is 0 Å². The molecule has 0 saturated carbocycles. The molecule has 3 aromatic rings. The van der Waals surface area contributed by atoms with Gasteiger partial charge in [-0.05, 0) is 39.7 Å². The van der Waals surface area contributed by atoms with Gasteiger partial charge in [0.05, 0.1) is 17.2 Å². The molecule has 10 heteroatoms. The topological polar surface area (TPSA) is 64.7 Å². The van der Waals surface area contributed by atoms with E-state index in [9.17, 15) is 18.0 Å². The van der Waals surface area contributed by atoms with Crippen LogP contribution >= 0.6 is 15.9 Å². The second kappa shape index (κ2) is 7.32. The van der Waals surface area contributed by atoms with Crippen molar-refractivity contribution in [1.29, 1.82) is 0 Å². The van der Waals surface area contributed by atoms with Crippen LogP contribution in [0, 0.1) is 0 Å². The van der Waals surface area contributed by atoms with E-state index >= 15 is 0 Å². The van der Waals surface area contributed by atoms with E-state index in [1.807, 2.05) is 12.3 Å². The summed E-state index contributed by atoms with van der Waals surface area (Å²) in [4.78, 5) is 12.0. The number of amides is 1. The van der Waals surface area contributed by atoms with Gasteiger partial charge < -0.3 is 5.32 Å². The highest BCUT2D eigenvalue weighted by atomic mass is 79.9. The number of benzene rings is 1. The maximum atomic E-state index is 12.5. The van der Waals surface area contributed by atoms with E-state index in [2.05, 4.69) is 31.4 Å². The molecule has 0 aliphatic rings. The molecule has 2 aromatic heterocycles. The SMILES string of the molecule is O=C(Cn1ccc(C(F)(F)F)n1)Nc1cccc(Cn2cc(Br)cn2)c1. The first-order chi connectivity index (χ1) is 12.3. The molecule has 0 unspecified atom stereocenters. The second-order valence-electron chi connectivity index (χ2n) is 5.50. The van der Waals surface area contributed by atoms with E-state index in [4.69, 9.17) is 0 Å². The van der Waals surface area contributed by atoms with Crippen molar-refractivity contribution in [2.75, 3.05) is 5.32 Å². The van der Waals surface area contributed by atoms with Gasteiger partial charge in [-0.1, -0.05) is 12.1 Å². The second-order valence-corrected chi connectivity index (χ2v) is 6.42. The number of halogens is 4. The lowest BCUT2D eigenvalue weighted by Gasteiger charge is -2.08. The van der Waals surface area contributed by atoms with Crippen LogP contribution in [0.5, 0.6) is 0 Å². The molecule has 0 radical (unpaired) electrons. The lowest BCUT2D eigenvalue weighted by atomic mass is 10.2. The summed E-state index contributed by atoms with van der Waals surface area (Å²) in [6, 6.07) is 7.96. The average Bonchev–Trinajstić information content (AvgIpc) is 3.16. The molecule has 0 spiro atoms. The molecule has 0 bridgehead atoms. The van der Waals surface area contributed by atoms with Crippen molar-refractivity contribution < 1.29 is 18.0 Å². The van der Waals surface area contributed by atoms with Gasteiger partial charge in [0.25, 0.3) is 0 Å². The molecule has 0 aliphatic carbocycles. The van der Waals surface area contributed by atoms with Crippen molar-refractivity contribution in [2.45, 2.75) is 19.3 Å². The molecular formula is C16H13BrF3N5O. The zero-order valence-corrected chi connectivity index (χ0v) is 14.8. The van der Waals surface area contributed by atoms with Crippen molar-refractivity contribution in [3.63, 3.8) is 0 Å². The number of nitrogens with one attached hydrogen (secondary N) is 1. The minimum absolute atomic E-state index is 0.313. The Labute approximate surface area is 154 Å². The van der Waals surface area contributed by atoms with Crippen LogP contribution < -0.4 is 5.32 Å². The number of anilines is 1. The van der Waals surface area contributed by atoms with Gasteiger partial charge in [0.15, 0.2) is 5.69 Å². The quantitative estimate of drug-likeness (QED) is 0.676. The van der Waals surface area contributed by atoms with Gasteiger partial charge in [0, 0.05) is 18.1 Å². The van der Waals surface area contributed by atoms with Gasteiger partial charge >= 0.3 is 6.18 Å². The maximum absolute atomic E-state index is 12.5. The number of hydrogen-bond acceptors (Lipinski definition) is 3.